The van der Waals surface area contributed by atoms with Gasteiger partial charge < -0.3 is 10.2 Å². The molecule has 0 radical (unpaired) electrons. The summed E-state index contributed by atoms with van der Waals surface area (Å²) in [5.74, 6) is 1.35. The summed E-state index contributed by atoms with van der Waals surface area (Å²) >= 11 is 1.42. The number of amides is 1. The van der Waals surface area contributed by atoms with Gasteiger partial charge in [0.05, 0.1) is 5.52 Å². The van der Waals surface area contributed by atoms with Crippen molar-refractivity contribution < 1.29 is 4.79 Å². The Bertz CT molecular complexity index is 1260. The van der Waals surface area contributed by atoms with Crippen LogP contribution in [0.4, 0.5) is 5.69 Å². The molecule has 168 valence electrons. The highest BCUT2D eigenvalue weighted by atomic mass is 32.1. The molecular weight excluding hydrogens is 424 g/mol. The summed E-state index contributed by atoms with van der Waals surface area (Å²) in [6.45, 7) is 4.64. The number of fused-ring (bicyclic) bond motifs is 3. The van der Waals surface area contributed by atoms with Crippen LogP contribution in [0.25, 0.3) is 16.0 Å². The fourth-order valence-electron chi connectivity index (χ4n) is 3.92. The van der Waals surface area contributed by atoms with Gasteiger partial charge in [-0.2, -0.15) is 0 Å². The van der Waals surface area contributed by atoms with Crippen LogP contribution in [0, 0.1) is 0 Å². The quantitative estimate of drug-likeness (QED) is 0.374. The third-order valence-corrected chi connectivity index (χ3v) is 6.52. The highest BCUT2D eigenvalue weighted by Crippen LogP contribution is 2.20. The van der Waals surface area contributed by atoms with Crippen LogP contribution in [0.5, 0.6) is 0 Å². The fraction of sp³-hybridized carbons (Fsp3) is 0.391. The Hall–Kier alpha value is -3.20. The van der Waals surface area contributed by atoms with Gasteiger partial charge in [-0.05, 0) is 43.3 Å². The molecule has 0 saturated carbocycles. The summed E-state index contributed by atoms with van der Waals surface area (Å²) in [6, 6.07) is 12.2. The van der Waals surface area contributed by atoms with Gasteiger partial charge in [0.2, 0.25) is 11.7 Å². The minimum absolute atomic E-state index is 0.0506. The number of aryl methyl sites for hydroxylation is 2. The second-order valence-corrected chi connectivity index (χ2v) is 8.64. The van der Waals surface area contributed by atoms with Gasteiger partial charge in [0, 0.05) is 45.2 Å². The van der Waals surface area contributed by atoms with Crippen molar-refractivity contribution in [1.82, 2.24) is 24.5 Å². The maximum Gasteiger partial charge on any atom is 0.272 e. The van der Waals surface area contributed by atoms with Crippen LogP contribution >= 0.6 is 11.3 Å². The summed E-state index contributed by atoms with van der Waals surface area (Å²) in [4.78, 5) is 27.0. The second-order valence-electron chi connectivity index (χ2n) is 7.72. The van der Waals surface area contributed by atoms with Crippen molar-refractivity contribution in [3.8, 4) is 0 Å². The van der Waals surface area contributed by atoms with E-state index in [1.165, 1.54) is 21.6 Å². The van der Waals surface area contributed by atoms with Crippen LogP contribution in [-0.4, -0.2) is 44.7 Å². The van der Waals surface area contributed by atoms with E-state index in [0.717, 1.165) is 30.9 Å². The number of rotatable bonds is 10. The van der Waals surface area contributed by atoms with E-state index in [2.05, 4.69) is 39.5 Å². The van der Waals surface area contributed by atoms with Gasteiger partial charge >= 0.3 is 0 Å². The molecule has 3 aromatic heterocycles. The standard InChI is InChI=1S/C23H28N6O2S/c1-3-28(17-9-5-4-6-10-17)15-8-14-24-20(30)12-7-11-19-25-26-23-27(2)22(31)21-18(29(19)23)13-16-32-21/h4-6,9-10,13,16H,3,7-8,11-12,14-15H2,1-2H3,(H,24,30). The Morgan fingerprint density at radius 3 is 2.75 bits per heavy atom. The lowest BCUT2D eigenvalue weighted by Gasteiger charge is -2.23. The smallest absolute Gasteiger partial charge is 0.272 e. The summed E-state index contributed by atoms with van der Waals surface area (Å²) in [5.41, 5.74) is 1.98. The average Bonchev–Trinajstić information content (AvgIpc) is 3.45. The number of carbonyl (C=O) groups is 1. The molecule has 4 rings (SSSR count). The van der Waals surface area contributed by atoms with Crippen LogP contribution in [-0.2, 0) is 18.3 Å². The van der Waals surface area contributed by atoms with E-state index in [0.29, 0.717) is 36.3 Å². The Morgan fingerprint density at radius 2 is 1.97 bits per heavy atom. The molecular formula is C23H28N6O2S. The van der Waals surface area contributed by atoms with Crippen molar-refractivity contribution in [1.29, 1.82) is 0 Å². The van der Waals surface area contributed by atoms with Crippen molar-refractivity contribution in [3.63, 3.8) is 0 Å². The van der Waals surface area contributed by atoms with Crippen molar-refractivity contribution in [2.45, 2.75) is 32.6 Å². The van der Waals surface area contributed by atoms with Crippen LogP contribution in [0.1, 0.15) is 32.0 Å². The first-order valence-electron chi connectivity index (χ1n) is 11.0. The monoisotopic (exact) mass is 452 g/mol. The molecule has 4 aromatic rings. The van der Waals surface area contributed by atoms with E-state index in [1.807, 2.05) is 34.0 Å². The number of anilines is 1. The Labute approximate surface area is 190 Å². The molecule has 0 unspecified atom stereocenters. The molecule has 3 heterocycles. The number of benzene rings is 1. The molecule has 8 nitrogen and oxygen atoms in total. The number of para-hydroxylation sites is 1. The normalized spacial score (nSPS) is 11.3. The van der Waals surface area contributed by atoms with Crippen molar-refractivity contribution in [2.24, 2.45) is 7.05 Å². The topological polar surface area (TPSA) is 84.5 Å². The molecule has 9 heteroatoms. The van der Waals surface area contributed by atoms with Gasteiger partial charge in [-0.3, -0.25) is 18.6 Å². The van der Waals surface area contributed by atoms with Crippen LogP contribution in [0.15, 0.2) is 46.6 Å². The van der Waals surface area contributed by atoms with Gasteiger partial charge in [-0.25, -0.2) is 0 Å². The first-order valence-corrected chi connectivity index (χ1v) is 11.8. The summed E-state index contributed by atoms with van der Waals surface area (Å²) in [5, 5.41) is 13.4. The first kappa shape index (κ1) is 22.0. The second kappa shape index (κ2) is 9.95. The predicted molar refractivity (Wildman–Crippen MR) is 129 cm³/mol. The first-order chi connectivity index (χ1) is 15.6. The van der Waals surface area contributed by atoms with Crippen molar-refractivity contribution in [3.05, 3.63) is 58.0 Å². The number of aromatic nitrogens is 4. The lowest BCUT2D eigenvalue weighted by Crippen LogP contribution is -2.29. The lowest BCUT2D eigenvalue weighted by atomic mass is 10.2. The van der Waals surface area contributed by atoms with Gasteiger partial charge in [0.15, 0.2) is 0 Å². The number of thiophene rings is 1. The van der Waals surface area contributed by atoms with Gasteiger partial charge in [0.25, 0.3) is 5.56 Å². The lowest BCUT2D eigenvalue weighted by molar-refractivity contribution is -0.121. The predicted octanol–water partition coefficient (Wildman–Crippen LogP) is 3.00. The van der Waals surface area contributed by atoms with Crippen molar-refractivity contribution in [2.75, 3.05) is 24.5 Å². The highest BCUT2D eigenvalue weighted by molar-refractivity contribution is 7.17. The third-order valence-electron chi connectivity index (χ3n) is 5.63. The molecule has 0 atom stereocenters. The maximum absolute atomic E-state index is 12.4. The van der Waals surface area contributed by atoms with Gasteiger partial charge in [0.1, 0.15) is 10.5 Å². The largest absolute Gasteiger partial charge is 0.372 e. The number of carbonyl (C=O) groups excluding carboxylic acids is 1. The van der Waals surface area contributed by atoms with E-state index in [-0.39, 0.29) is 11.5 Å². The summed E-state index contributed by atoms with van der Waals surface area (Å²) in [7, 11) is 1.71. The molecule has 1 amide bonds. The number of hydrogen-bond acceptors (Lipinski definition) is 6. The number of nitrogens with zero attached hydrogens (tertiary/aromatic N) is 5. The zero-order chi connectivity index (χ0) is 22.5. The Kier molecular flexibility index (Phi) is 6.84. The number of hydrogen-bond donors (Lipinski definition) is 1. The van der Waals surface area contributed by atoms with E-state index in [9.17, 15) is 9.59 Å². The highest BCUT2D eigenvalue weighted by Gasteiger charge is 2.15. The van der Waals surface area contributed by atoms with E-state index >= 15 is 0 Å². The molecule has 0 bridgehead atoms. The molecule has 1 N–H and O–H groups in total. The minimum Gasteiger partial charge on any atom is -0.372 e. The van der Waals surface area contributed by atoms with Gasteiger partial charge in [-0.1, -0.05) is 18.2 Å². The third kappa shape index (κ3) is 4.52. The molecule has 0 aliphatic heterocycles. The van der Waals surface area contributed by atoms with E-state index < -0.39 is 0 Å². The zero-order valence-corrected chi connectivity index (χ0v) is 19.3. The Morgan fingerprint density at radius 1 is 1.16 bits per heavy atom. The summed E-state index contributed by atoms with van der Waals surface area (Å²) in [6.07, 6.45) is 2.62. The van der Waals surface area contributed by atoms with E-state index in [4.69, 9.17) is 0 Å². The zero-order valence-electron chi connectivity index (χ0n) is 18.5. The average molecular weight is 453 g/mol. The Balaban J connectivity index is 1.27. The van der Waals surface area contributed by atoms with Crippen molar-refractivity contribution >= 4 is 38.9 Å². The van der Waals surface area contributed by atoms with Gasteiger partial charge in [-0.15, -0.1) is 21.5 Å². The van der Waals surface area contributed by atoms with Crippen LogP contribution in [0.2, 0.25) is 0 Å². The molecule has 0 spiro atoms. The van der Waals surface area contributed by atoms with E-state index in [1.54, 1.807) is 7.05 Å². The molecule has 0 aliphatic carbocycles. The minimum atomic E-state index is -0.0604. The summed E-state index contributed by atoms with van der Waals surface area (Å²) < 4.78 is 4.14. The van der Waals surface area contributed by atoms with Crippen LogP contribution in [0.3, 0.4) is 0 Å². The van der Waals surface area contributed by atoms with Crippen LogP contribution < -0.4 is 15.8 Å². The fourth-order valence-corrected chi connectivity index (χ4v) is 4.77. The molecule has 0 fully saturated rings. The molecule has 1 aromatic carbocycles. The molecule has 0 saturated heterocycles. The SMILES string of the molecule is CCN(CCCNC(=O)CCCc1nnc2n(C)c(=O)c3sccc3n12)c1ccccc1. The number of nitrogens with one attached hydrogen (secondary N) is 1. The maximum atomic E-state index is 12.4. The molecule has 32 heavy (non-hydrogen) atoms. The molecule has 0 aliphatic rings.